The van der Waals surface area contributed by atoms with Crippen LogP contribution in [-0.4, -0.2) is 24.0 Å². The maximum absolute atomic E-state index is 13.0. The van der Waals surface area contributed by atoms with Gasteiger partial charge in [-0.05, 0) is 73.1 Å². The molecule has 138 valence electrons. The maximum Gasteiger partial charge on any atom is 0.270 e. The van der Waals surface area contributed by atoms with E-state index in [1.807, 2.05) is 32.0 Å². The quantitative estimate of drug-likeness (QED) is 0.483. The van der Waals surface area contributed by atoms with Gasteiger partial charge in [0.25, 0.3) is 11.8 Å². The van der Waals surface area contributed by atoms with E-state index in [1.165, 1.54) is 18.1 Å². The summed E-state index contributed by atoms with van der Waals surface area (Å²) in [6.07, 6.45) is 1.49. The highest BCUT2D eigenvalue weighted by atomic mass is 35.5. The van der Waals surface area contributed by atoms with Crippen molar-refractivity contribution in [2.45, 2.75) is 13.8 Å². The van der Waals surface area contributed by atoms with Crippen LogP contribution in [0.25, 0.3) is 6.08 Å². The number of nitrogens with zero attached hydrogens (tertiary/aromatic N) is 1. The molecule has 0 aromatic heterocycles. The number of aryl methyl sites for hydroxylation is 2. The number of rotatable bonds is 3. The van der Waals surface area contributed by atoms with Gasteiger partial charge in [-0.3, -0.25) is 19.8 Å². The summed E-state index contributed by atoms with van der Waals surface area (Å²) in [7, 11) is 1.51. The lowest BCUT2D eigenvalue weighted by atomic mass is 10.1. The summed E-state index contributed by atoms with van der Waals surface area (Å²) in [6, 6.07) is 10.7. The Labute approximate surface area is 167 Å². The molecule has 7 heteroatoms. The molecule has 2 amide bonds. The van der Waals surface area contributed by atoms with Crippen molar-refractivity contribution in [2.24, 2.45) is 0 Å². The van der Waals surface area contributed by atoms with Gasteiger partial charge in [-0.15, -0.1) is 0 Å². The zero-order chi connectivity index (χ0) is 19.7. The number of benzene rings is 2. The average molecular weight is 401 g/mol. The molecule has 1 fully saturated rings. The predicted molar refractivity (Wildman–Crippen MR) is 110 cm³/mol. The Morgan fingerprint density at radius 1 is 1.11 bits per heavy atom. The first-order valence-electron chi connectivity index (χ1n) is 8.13. The van der Waals surface area contributed by atoms with Crippen molar-refractivity contribution < 1.29 is 14.3 Å². The first kappa shape index (κ1) is 19.1. The van der Waals surface area contributed by atoms with Gasteiger partial charge < -0.3 is 4.74 Å². The van der Waals surface area contributed by atoms with E-state index in [4.69, 9.17) is 28.6 Å². The van der Waals surface area contributed by atoms with Gasteiger partial charge in [0.05, 0.1) is 17.8 Å². The SMILES string of the molecule is COc1ccc(/C=C2/C(=O)NC(=S)N(c3cc(C)cc(C)c3)C2=O)cc1Cl. The number of ether oxygens (including phenoxy) is 1. The largest absolute Gasteiger partial charge is 0.495 e. The highest BCUT2D eigenvalue weighted by molar-refractivity contribution is 7.80. The number of nitrogens with one attached hydrogen (secondary N) is 1. The van der Waals surface area contributed by atoms with Crippen LogP contribution in [0.4, 0.5) is 5.69 Å². The van der Waals surface area contributed by atoms with Crippen molar-refractivity contribution >= 4 is 52.5 Å². The van der Waals surface area contributed by atoms with Crippen LogP contribution < -0.4 is 15.0 Å². The summed E-state index contributed by atoms with van der Waals surface area (Å²) in [5.41, 5.74) is 3.17. The number of anilines is 1. The van der Waals surface area contributed by atoms with Crippen molar-refractivity contribution in [3.05, 3.63) is 63.7 Å². The number of carbonyl (C=O) groups excluding carboxylic acids is 2. The van der Waals surface area contributed by atoms with Crippen LogP contribution in [0.3, 0.4) is 0 Å². The maximum atomic E-state index is 13.0. The summed E-state index contributed by atoms with van der Waals surface area (Å²) in [6.45, 7) is 3.87. The summed E-state index contributed by atoms with van der Waals surface area (Å²) in [5.74, 6) is -0.519. The van der Waals surface area contributed by atoms with E-state index in [2.05, 4.69) is 5.32 Å². The first-order chi connectivity index (χ1) is 12.8. The summed E-state index contributed by atoms with van der Waals surface area (Å²) in [5, 5.41) is 3.02. The van der Waals surface area contributed by atoms with Crippen molar-refractivity contribution in [1.82, 2.24) is 5.32 Å². The molecule has 0 saturated carbocycles. The molecular formula is C20H17ClN2O3S. The molecule has 2 aromatic rings. The molecule has 1 N–H and O–H groups in total. The molecule has 0 atom stereocenters. The second kappa shape index (κ2) is 7.50. The molecule has 1 aliphatic rings. The second-order valence-corrected chi connectivity index (χ2v) is 6.99. The van der Waals surface area contributed by atoms with Gasteiger partial charge >= 0.3 is 0 Å². The van der Waals surface area contributed by atoms with Gasteiger partial charge in [0.1, 0.15) is 11.3 Å². The smallest absolute Gasteiger partial charge is 0.270 e. The van der Waals surface area contributed by atoms with Crippen molar-refractivity contribution in [1.29, 1.82) is 0 Å². The number of hydrogen-bond donors (Lipinski definition) is 1. The Bertz CT molecular complexity index is 980. The van der Waals surface area contributed by atoms with Gasteiger partial charge in [-0.2, -0.15) is 0 Å². The summed E-state index contributed by atoms with van der Waals surface area (Å²) >= 11 is 11.4. The molecule has 2 aromatic carbocycles. The Morgan fingerprint density at radius 2 is 1.78 bits per heavy atom. The van der Waals surface area contributed by atoms with Gasteiger partial charge in [-0.25, -0.2) is 0 Å². The van der Waals surface area contributed by atoms with E-state index in [9.17, 15) is 9.59 Å². The van der Waals surface area contributed by atoms with Crippen LogP contribution in [0.1, 0.15) is 16.7 Å². The van der Waals surface area contributed by atoms with Crippen LogP contribution in [-0.2, 0) is 9.59 Å². The monoisotopic (exact) mass is 400 g/mol. The first-order valence-corrected chi connectivity index (χ1v) is 8.92. The van der Waals surface area contributed by atoms with E-state index < -0.39 is 11.8 Å². The van der Waals surface area contributed by atoms with Crippen LogP contribution in [0.2, 0.25) is 5.02 Å². The molecule has 1 heterocycles. The molecule has 1 saturated heterocycles. The fourth-order valence-corrected chi connectivity index (χ4v) is 3.46. The molecular weight excluding hydrogens is 384 g/mol. The number of amides is 2. The van der Waals surface area contributed by atoms with Gasteiger partial charge in [0, 0.05) is 0 Å². The molecule has 0 aliphatic carbocycles. The molecule has 27 heavy (non-hydrogen) atoms. The summed E-state index contributed by atoms with van der Waals surface area (Å²) < 4.78 is 5.12. The Morgan fingerprint density at radius 3 is 2.37 bits per heavy atom. The standard InChI is InChI=1S/C20H17ClN2O3S/c1-11-6-12(2)8-14(7-11)23-19(25)15(18(24)22-20(23)27)9-13-4-5-17(26-3)16(21)10-13/h4-10H,1-3H3,(H,22,24,27)/b15-9-. The van der Waals surface area contributed by atoms with Crippen molar-refractivity contribution in [3.8, 4) is 5.75 Å². The lowest BCUT2D eigenvalue weighted by Crippen LogP contribution is -2.54. The lowest BCUT2D eigenvalue weighted by molar-refractivity contribution is -0.122. The lowest BCUT2D eigenvalue weighted by Gasteiger charge is -2.29. The average Bonchev–Trinajstić information content (AvgIpc) is 2.57. The van der Waals surface area contributed by atoms with Gasteiger partial charge in [0.15, 0.2) is 5.11 Å². The van der Waals surface area contributed by atoms with Gasteiger partial charge in [-0.1, -0.05) is 23.7 Å². The molecule has 0 bridgehead atoms. The zero-order valence-electron chi connectivity index (χ0n) is 15.0. The van der Waals surface area contributed by atoms with E-state index in [1.54, 1.807) is 18.2 Å². The number of carbonyl (C=O) groups is 2. The molecule has 3 rings (SSSR count). The summed E-state index contributed by atoms with van der Waals surface area (Å²) in [4.78, 5) is 26.7. The van der Waals surface area contributed by atoms with Crippen LogP contribution in [0, 0.1) is 13.8 Å². The van der Waals surface area contributed by atoms with Crippen LogP contribution >= 0.6 is 23.8 Å². The Balaban J connectivity index is 2.03. The zero-order valence-corrected chi connectivity index (χ0v) is 16.6. The van der Waals surface area contributed by atoms with Gasteiger partial charge in [0.2, 0.25) is 0 Å². The number of halogens is 1. The second-order valence-electron chi connectivity index (χ2n) is 6.20. The fraction of sp³-hybridized carbons (Fsp3) is 0.150. The van der Waals surface area contributed by atoms with E-state index in [0.29, 0.717) is 22.0 Å². The normalized spacial score (nSPS) is 15.9. The fourth-order valence-electron chi connectivity index (χ4n) is 2.91. The minimum Gasteiger partial charge on any atom is -0.495 e. The third kappa shape index (κ3) is 3.86. The number of hydrogen-bond acceptors (Lipinski definition) is 4. The topological polar surface area (TPSA) is 58.6 Å². The van der Waals surface area contributed by atoms with E-state index in [0.717, 1.165) is 11.1 Å². The molecule has 1 aliphatic heterocycles. The molecule has 0 radical (unpaired) electrons. The minimum atomic E-state index is -0.544. The van der Waals surface area contributed by atoms with Crippen molar-refractivity contribution in [2.75, 3.05) is 12.0 Å². The Kier molecular flexibility index (Phi) is 5.30. The van der Waals surface area contributed by atoms with Crippen molar-refractivity contribution in [3.63, 3.8) is 0 Å². The Hall–Kier alpha value is -2.70. The number of thiocarbonyl (C=S) groups is 1. The highest BCUT2D eigenvalue weighted by Crippen LogP contribution is 2.28. The van der Waals surface area contributed by atoms with E-state index in [-0.39, 0.29) is 10.7 Å². The predicted octanol–water partition coefficient (Wildman–Crippen LogP) is 3.80. The minimum absolute atomic E-state index is 0.0241. The van der Waals surface area contributed by atoms with Crippen LogP contribution in [0.5, 0.6) is 5.75 Å². The molecule has 0 unspecified atom stereocenters. The third-order valence-electron chi connectivity index (χ3n) is 4.05. The molecule has 5 nitrogen and oxygen atoms in total. The van der Waals surface area contributed by atoms with Crippen LogP contribution in [0.15, 0.2) is 42.0 Å². The third-order valence-corrected chi connectivity index (χ3v) is 4.63. The highest BCUT2D eigenvalue weighted by Gasteiger charge is 2.34. The van der Waals surface area contributed by atoms with E-state index >= 15 is 0 Å². The molecule has 0 spiro atoms. The number of methoxy groups -OCH3 is 1.